The lowest BCUT2D eigenvalue weighted by atomic mass is 10.1. The number of rotatable bonds is 18. The molecule has 0 aromatic carbocycles. The van der Waals surface area contributed by atoms with E-state index in [9.17, 15) is 4.79 Å². The molecule has 0 fully saturated rings. The smallest absolute Gasteiger partial charge is 0.303 e. The summed E-state index contributed by atoms with van der Waals surface area (Å²) in [7, 11) is 0. The first kappa shape index (κ1) is 25.2. The van der Waals surface area contributed by atoms with Gasteiger partial charge in [-0.25, -0.2) is 0 Å². The molecule has 0 atom stereocenters. The van der Waals surface area contributed by atoms with Gasteiger partial charge in [-0.1, -0.05) is 86.9 Å². The molecular formula is C25H40O2. The summed E-state index contributed by atoms with van der Waals surface area (Å²) in [6.07, 6.45) is 35.7. The fourth-order valence-corrected chi connectivity index (χ4v) is 2.55. The van der Waals surface area contributed by atoms with Crippen molar-refractivity contribution in [2.24, 2.45) is 0 Å². The van der Waals surface area contributed by atoms with Crippen molar-refractivity contribution in [3.8, 4) is 0 Å². The van der Waals surface area contributed by atoms with Crippen LogP contribution in [-0.2, 0) is 4.79 Å². The molecule has 0 aliphatic heterocycles. The van der Waals surface area contributed by atoms with Crippen LogP contribution in [0.1, 0.15) is 90.4 Å². The van der Waals surface area contributed by atoms with Crippen LogP contribution in [0, 0.1) is 0 Å². The summed E-state index contributed by atoms with van der Waals surface area (Å²) in [6, 6.07) is 0. The molecule has 0 radical (unpaired) electrons. The summed E-state index contributed by atoms with van der Waals surface area (Å²) in [5.41, 5.74) is 0. The topological polar surface area (TPSA) is 37.3 Å². The van der Waals surface area contributed by atoms with Gasteiger partial charge in [0.15, 0.2) is 0 Å². The summed E-state index contributed by atoms with van der Waals surface area (Å²) < 4.78 is 0. The Bertz CT molecular complexity index is 467. The lowest BCUT2D eigenvalue weighted by molar-refractivity contribution is -0.137. The minimum absolute atomic E-state index is 0.298. The Kier molecular flexibility index (Phi) is 20.7. The predicted octanol–water partition coefficient (Wildman–Crippen LogP) is 7.94. The summed E-state index contributed by atoms with van der Waals surface area (Å²) >= 11 is 0. The van der Waals surface area contributed by atoms with Gasteiger partial charge >= 0.3 is 5.97 Å². The summed E-state index contributed by atoms with van der Waals surface area (Å²) in [5.74, 6) is -0.689. The molecule has 0 rings (SSSR count). The summed E-state index contributed by atoms with van der Waals surface area (Å²) in [6.45, 7) is 2.24. The normalized spacial score (nSPS) is 12.6. The van der Waals surface area contributed by atoms with Crippen molar-refractivity contribution in [2.75, 3.05) is 0 Å². The number of carboxylic acids is 1. The molecule has 0 saturated carbocycles. The summed E-state index contributed by atoms with van der Waals surface area (Å²) in [5, 5.41) is 8.55. The van der Waals surface area contributed by atoms with E-state index in [1.165, 1.54) is 25.7 Å². The number of carboxylic acid groups (broad SMARTS) is 1. The average Bonchev–Trinajstić information content (AvgIpc) is 2.65. The predicted molar refractivity (Wildman–Crippen MR) is 119 cm³/mol. The van der Waals surface area contributed by atoms with Gasteiger partial charge in [0.25, 0.3) is 0 Å². The van der Waals surface area contributed by atoms with E-state index >= 15 is 0 Å². The van der Waals surface area contributed by atoms with Crippen molar-refractivity contribution in [3.05, 3.63) is 60.8 Å². The highest BCUT2D eigenvalue weighted by molar-refractivity contribution is 5.66. The van der Waals surface area contributed by atoms with Crippen LogP contribution in [0.5, 0.6) is 0 Å². The Balaban J connectivity index is 3.43. The first-order chi connectivity index (χ1) is 13.3. The molecule has 1 N–H and O–H groups in total. The van der Waals surface area contributed by atoms with Crippen LogP contribution in [0.15, 0.2) is 60.8 Å². The number of hydrogen-bond acceptors (Lipinski definition) is 1. The van der Waals surface area contributed by atoms with Crippen LogP contribution in [0.25, 0.3) is 0 Å². The molecule has 0 spiro atoms. The quantitative estimate of drug-likeness (QED) is 0.196. The number of allylic oxidation sites excluding steroid dienone is 10. The van der Waals surface area contributed by atoms with Crippen LogP contribution in [0.2, 0.25) is 0 Å². The molecule has 0 heterocycles. The van der Waals surface area contributed by atoms with Crippen molar-refractivity contribution in [1.82, 2.24) is 0 Å². The highest BCUT2D eigenvalue weighted by Crippen LogP contribution is 2.04. The minimum atomic E-state index is -0.689. The monoisotopic (exact) mass is 372 g/mol. The third-order valence-corrected chi connectivity index (χ3v) is 4.16. The van der Waals surface area contributed by atoms with Crippen LogP contribution in [0.4, 0.5) is 0 Å². The summed E-state index contributed by atoms with van der Waals surface area (Å²) in [4.78, 5) is 10.4. The van der Waals surface area contributed by atoms with Gasteiger partial charge in [0.1, 0.15) is 0 Å². The van der Waals surface area contributed by atoms with Gasteiger partial charge in [-0.3, -0.25) is 4.79 Å². The van der Waals surface area contributed by atoms with Gasteiger partial charge in [0.05, 0.1) is 0 Å². The zero-order valence-corrected chi connectivity index (χ0v) is 17.3. The van der Waals surface area contributed by atoms with Crippen LogP contribution in [-0.4, -0.2) is 11.1 Å². The molecule has 0 amide bonds. The van der Waals surface area contributed by atoms with E-state index in [-0.39, 0.29) is 0 Å². The molecule has 0 aromatic rings. The Morgan fingerprint density at radius 2 is 1.00 bits per heavy atom. The molecular weight excluding hydrogens is 332 g/mol. The SMILES string of the molecule is CCCCC/C=C/C/C=C/C/C=C/C/C=C/C/C=C/CCCCCC(=O)O. The third kappa shape index (κ3) is 24.2. The molecule has 0 aromatic heterocycles. The van der Waals surface area contributed by atoms with Gasteiger partial charge in [-0.2, -0.15) is 0 Å². The van der Waals surface area contributed by atoms with Gasteiger partial charge < -0.3 is 5.11 Å². The number of hydrogen-bond donors (Lipinski definition) is 1. The highest BCUT2D eigenvalue weighted by Gasteiger charge is 1.94. The third-order valence-electron chi connectivity index (χ3n) is 4.16. The van der Waals surface area contributed by atoms with Crippen LogP contribution >= 0.6 is 0 Å². The molecule has 2 nitrogen and oxygen atoms in total. The van der Waals surface area contributed by atoms with Gasteiger partial charge in [-0.15, -0.1) is 0 Å². The molecule has 0 saturated heterocycles. The number of unbranched alkanes of at least 4 members (excludes halogenated alkanes) is 6. The van der Waals surface area contributed by atoms with Crippen molar-refractivity contribution in [3.63, 3.8) is 0 Å². The molecule has 2 heteroatoms. The Morgan fingerprint density at radius 3 is 1.41 bits per heavy atom. The maximum absolute atomic E-state index is 10.4. The second-order valence-electron chi connectivity index (χ2n) is 6.79. The van der Waals surface area contributed by atoms with E-state index in [0.29, 0.717) is 6.42 Å². The van der Waals surface area contributed by atoms with Gasteiger partial charge in [-0.05, 0) is 57.8 Å². The number of carbonyl (C=O) groups is 1. The van der Waals surface area contributed by atoms with E-state index in [2.05, 4.69) is 67.7 Å². The second-order valence-corrected chi connectivity index (χ2v) is 6.79. The first-order valence-electron chi connectivity index (χ1n) is 10.7. The van der Waals surface area contributed by atoms with E-state index in [1.54, 1.807) is 0 Å². The van der Waals surface area contributed by atoms with E-state index < -0.39 is 5.97 Å². The molecule has 0 aliphatic rings. The lowest BCUT2D eigenvalue weighted by Gasteiger charge is -1.94. The van der Waals surface area contributed by atoms with Crippen molar-refractivity contribution >= 4 is 5.97 Å². The zero-order chi connectivity index (χ0) is 19.8. The Hall–Kier alpha value is -1.83. The molecule has 27 heavy (non-hydrogen) atoms. The Morgan fingerprint density at radius 1 is 0.593 bits per heavy atom. The fraction of sp³-hybridized carbons (Fsp3) is 0.560. The van der Waals surface area contributed by atoms with Crippen molar-refractivity contribution < 1.29 is 9.90 Å². The van der Waals surface area contributed by atoms with Gasteiger partial charge in [0, 0.05) is 6.42 Å². The average molecular weight is 373 g/mol. The standard InChI is InChI=1S/C25H40O2/c1-2-3-4-5-6-7-8-9-10-11-12-13-14-15-16-17-18-19-20-21-22-23-24-25(26)27/h6-7,9-10,12-13,15-16,18-19H,2-5,8,11,14,17,20-24H2,1H3,(H,26,27)/b7-6+,10-9+,13-12+,16-15+,19-18+. The van der Waals surface area contributed by atoms with Crippen molar-refractivity contribution in [1.29, 1.82) is 0 Å². The first-order valence-corrected chi connectivity index (χ1v) is 10.7. The van der Waals surface area contributed by atoms with E-state index in [1.807, 2.05) is 0 Å². The maximum Gasteiger partial charge on any atom is 0.303 e. The van der Waals surface area contributed by atoms with E-state index in [0.717, 1.165) is 51.4 Å². The molecule has 0 unspecified atom stereocenters. The number of aliphatic carboxylic acids is 1. The van der Waals surface area contributed by atoms with Crippen LogP contribution < -0.4 is 0 Å². The molecule has 0 aliphatic carbocycles. The van der Waals surface area contributed by atoms with E-state index in [4.69, 9.17) is 5.11 Å². The zero-order valence-electron chi connectivity index (χ0n) is 17.3. The maximum atomic E-state index is 10.4. The van der Waals surface area contributed by atoms with Gasteiger partial charge in [0.2, 0.25) is 0 Å². The molecule has 0 bridgehead atoms. The van der Waals surface area contributed by atoms with Crippen LogP contribution in [0.3, 0.4) is 0 Å². The molecule has 152 valence electrons. The fourth-order valence-electron chi connectivity index (χ4n) is 2.55. The lowest BCUT2D eigenvalue weighted by Crippen LogP contribution is -1.93. The second kappa shape index (κ2) is 22.2. The van der Waals surface area contributed by atoms with Crippen molar-refractivity contribution in [2.45, 2.75) is 90.4 Å². The highest BCUT2D eigenvalue weighted by atomic mass is 16.4. The minimum Gasteiger partial charge on any atom is -0.481 e. The Labute approximate surface area is 167 Å². The largest absolute Gasteiger partial charge is 0.481 e.